The van der Waals surface area contributed by atoms with Gasteiger partial charge in [-0.3, -0.25) is 0 Å². The number of carboxylic acids is 1. The molecule has 0 aliphatic carbocycles. The summed E-state index contributed by atoms with van der Waals surface area (Å²) in [5, 5.41) is 11.4. The molecule has 5 heteroatoms. The first-order chi connectivity index (χ1) is 11.1. The van der Waals surface area contributed by atoms with Crippen LogP contribution in [0.5, 0.6) is 5.75 Å². The second-order valence-corrected chi connectivity index (χ2v) is 6.42. The van der Waals surface area contributed by atoms with Crippen molar-refractivity contribution in [2.45, 2.75) is 38.8 Å². The molecular formula is C19H24ClNO3. The highest BCUT2D eigenvalue weighted by Crippen LogP contribution is 2.32. The minimum absolute atomic E-state index is 0. The molecule has 0 saturated carbocycles. The van der Waals surface area contributed by atoms with Gasteiger partial charge in [0.15, 0.2) is 0 Å². The van der Waals surface area contributed by atoms with Gasteiger partial charge in [-0.15, -0.1) is 12.4 Å². The molecule has 0 unspecified atom stereocenters. The summed E-state index contributed by atoms with van der Waals surface area (Å²) < 4.78 is 6.18. The molecule has 1 saturated heterocycles. The fourth-order valence-corrected chi connectivity index (χ4v) is 3.22. The van der Waals surface area contributed by atoms with Crippen molar-refractivity contribution in [3.8, 4) is 5.75 Å². The van der Waals surface area contributed by atoms with Gasteiger partial charge in [-0.2, -0.15) is 0 Å². The van der Waals surface area contributed by atoms with Crippen LogP contribution in [0, 0.1) is 0 Å². The largest absolute Gasteiger partial charge is 0.489 e. The number of nitrogens with zero attached hydrogens (tertiary/aromatic N) is 1. The van der Waals surface area contributed by atoms with E-state index in [-0.39, 0.29) is 24.1 Å². The maximum atomic E-state index is 11.6. The molecule has 2 aromatic carbocycles. The highest BCUT2D eigenvalue weighted by Gasteiger charge is 2.24. The standard InChI is InChI=1S/C19H23NO3.ClH/c1-13(2)20-11-9-15(10-12-20)23-18-16-6-4-3-5-14(16)7-8-17(18)19(21)22;/h3-8,13,15H,9-12H2,1-2H3,(H,21,22);1H. The summed E-state index contributed by atoms with van der Waals surface area (Å²) in [6.07, 6.45) is 1.94. The quantitative estimate of drug-likeness (QED) is 0.898. The van der Waals surface area contributed by atoms with Crippen LogP contribution in [0.2, 0.25) is 0 Å². The SMILES string of the molecule is CC(C)N1CCC(Oc2c(C(=O)O)ccc3ccccc23)CC1.Cl. The number of piperidine rings is 1. The third kappa shape index (κ3) is 3.82. The second kappa shape index (κ2) is 7.86. The van der Waals surface area contributed by atoms with Gasteiger partial charge in [-0.05, 0) is 38.1 Å². The van der Waals surface area contributed by atoms with E-state index in [1.54, 1.807) is 6.07 Å². The lowest BCUT2D eigenvalue weighted by Crippen LogP contribution is -2.41. The normalized spacial score (nSPS) is 16.1. The van der Waals surface area contributed by atoms with E-state index in [0.29, 0.717) is 11.8 Å². The summed E-state index contributed by atoms with van der Waals surface area (Å²) in [5.41, 5.74) is 0.245. The number of benzene rings is 2. The summed E-state index contributed by atoms with van der Waals surface area (Å²) in [6.45, 7) is 6.40. The van der Waals surface area contributed by atoms with Crippen molar-refractivity contribution >= 4 is 29.1 Å². The highest BCUT2D eigenvalue weighted by molar-refractivity contribution is 6.00. The summed E-state index contributed by atoms with van der Waals surface area (Å²) >= 11 is 0. The van der Waals surface area contributed by atoms with E-state index in [1.165, 1.54) is 0 Å². The average Bonchev–Trinajstić information content (AvgIpc) is 2.55. The van der Waals surface area contributed by atoms with Crippen LogP contribution >= 0.6 is 12.4 Å². The number of hydrogen-bond acceptors (Lipinski definition) is 3. The number of hydrogen-bond donors (Lipinski definition) is 1. The van der Waals surface area contributed by atoms with Gasteiger partial charge in [0, 0.05) is 24.5 Å². The van der Waals surface area contributed by atoms with Crippen molar-refractivity contribution in [3.05, 3.63) is 42.0 Å². The molecule has 0 amide bonds. The predicted molar refractivity (Wildman–Crippen MR) is 98.5 cm³/mol. The van der Waals surface area contributed by atoms with Crippen molar-refractivity contribution in [2.75, 3.05) is 13.1 Å². The first kappa shape index (κ1) is 18.6. The van der Waals surface area contributed by atoms with Gasteiger partial charge in [0.05, 0.1) is 0 Å². The second-order valence-electron chi connectivity index (χ2n) is 6.42. The summed E-state index contributed by atoms with van der Waals surface area (Å²) in [7, 11) is 0. The lowest BCUT2D eigenvalue weighted by atomic mass is 10.0. The Bertz CT molecular complexity index is 709. The number of rotatable bonds is 4. The third-order valence-electron chi connectivity index (χ3n) is 4.60. The van der Waals surface area contributed by atoms with E-state index in [2.05, 4.69) is 18.7 Å². The Hall–Kier alpha value is -1.78. The maximum absolute atomic E-state index is 11.6. The fraction of sp³-hybridized carbons (Fsp3) is 0.421. The van der Waals surface area contributed by atoms with Crippen molar-refractivity contribution < 1.29 is 14.6 Å². The summed E-state index contributed by atoms with van der Waals surface area (Å²) in [5.74, 6) is -0.427. The molecular weight excluding hydrogens is 326 g/mol. The Morgan fingerprint density at radius 2 is 1.83 bits per heavy atom. The topological polar surface area (TPSA) is 49.8 Å². The van der Waals surface area contributed by atoms with Crippen LogP contribution in [-0.4, -0.2) is 41.2 Å². The van der Waals surface area contributed by atoms with Gasteiger partial charge in [0.25, 0.3) is 0 Å². The van der Waals surface area contributed by atoms with E-state index in [0.717, 1.165) is 36.7 Å². The van der Waals surface area contributed by atoms with Crippen LogP contribution in [0.15, 0.2) is 36.4 Å². The van der Waals surface area contributed by atoms with Crippen molar-refractivity contribution in [3.63, 3.8) is 0 Å². The maximum Gasteiger partial charge on any atom is 0.339 e. The van der Waals surface area contributed by atoms with E-state index >= 15 is 0 Å². The van der Waals surface area contributed by atoms with Gasteiger partial charge < -0.3 is 14.7 Å². The lowest BCUT2D eigenvalue weighted by molar-refractivity contribution is 0.0669. The first-order valence-electron chi connectivity index (χ1n) is 8.22. The molecule has 1 aliphatic heterocycles. The zero-order chi connectivity index (χ0) is 16.4. The number of carboxylic acid groups (broad SMARTS) is 1. The molecule has 0 aromatic heterocycles. The Kier molecular flexibility index (Phi) is 6.08. The molecule has 2 aromatic rings. The van der Waals surface area contributed by atoms with E-state index in [9.17, 15) is 9.90 Å². The minimum Gasteiger partial charge on any atom is -0.489 e. The average molecular weight is 350 g/mol. The highest BCUT2D eigenvalue weighted by atomic mass is 35.5. The summed E-state index contributed by atoms with van der Waals surface area (Å²) in [4.78, 5) is 14.0. The molecule has 1 N–H and O–H groups in total. The Morgan fingerprint density at radius 1 is 1.17 bits per heavy atom. The Balaban J connectivity index is 0.00000208. The summed E-state index contributed by atoms with van der Waals surface area (Å²) in [6, 6.07) is 11.8. The molecule has 130 valence electrons. The minimum atomic E-state index is -0.939. The van der Waals surface area contributed by atoms with Crippen LogP contribution in [0.1, 0.15) is 37.0 Å². The van der Waals surface area contributed by atoms with E-state index in [1.807, 2.05) is 30.3 Å². The molecule has 0 radical (unpaired) electrons. The third-order valence-corrected chi connectivity index (χ3v) is 4.60. The predicted octanol–water partition coefficient (Wildman–Crippen LogP) is 4.21. The van der Waals surface area contributed by atoms with Gasteiger partial charge in [-0.25, -0.2) is 4.79 Å². The van der Waals surface area contributed by atoms with E-state index in [4.69, 9.17) is 4.74 Å². The first-order valence-corrected chi connectivity index (χ1v) is 8.22. The van der Waals surface area contributed by atoms with Gasteiger partial charge in [0.1, 0.15) is 17.4 Å². The van der Waals surface area contributed by atoms with Crippen molar-refractivity contribution in [1.29, 1.82) is 0 Å². The molecule has 0 atom stereocenters. The number of likely N-dealkylation sites (tertiary alicyclic amines) is 1. The monoisotopic (exact) mass is 349 g/mol. The molecule has 1 aliphatic rings. The van der Waals surface area contributed by atoms with Crippen LogP contribution in [-0.2, 0) is 0 Å². The molecule has 24 heavy (non-hydrogen) atoms. The molecule has 4 nitrogen and oxygen atoms in total. The fourth-order valence-electron chi connectivity index (χ4n) is 3.22. The number of fused-ring (bicyclic) bond motifs is 1. The van der Waals surface area contributed by atoms with E-state index < -0.39 is 5.97 Å². The van der Waals surface area contributed by atoms with Gasteiger partial charge in [-0.1, -0.05) is 30.3 Å². The molecule has 3 rings (SSSR count). The Labute approximate surface area is 148 Å². The van der Waals surface area contributed by atoms with Gasteiger partial charge in [0.2, 0.25) is 0 Å². The zero-order valence-electron chi connectivity index (χ0n) is 14.1. The smallest absolute Gasteiger partial charge is 0.339 e. The Morgan fingerprint density at radius 3 is 2.46 bits per heavy atom. The number of carbonyl (C=O) groups is 1. The van der Waals surface area contributed by atoms with Crippen LogP contribution in [0.25, 0.3) is 10.8 Å². The number of halogens is 1. The number of ether oxygens (including phenoxy) is 1. The zero-order valence-corrected chi connectivity index (χ0v) is 14.9. The van der Waals surface area contributed by atoms with Crippen LogP contribution < -0.4 is 4.74 Å². The molecule has 0 spiro atoms. The molecule has 0 bridgehead atoms. The molecule has 1 heterocycles. The number of aromatic carboxylic acids is 1. The van der Waals surface area contributed by atoms with Gasteiger partial charge >= 0.3 is 5.97 Å². The van der Waals surface area contributed by atoms with Crippen molar-refractivity contribution in [1.82, 2.24) is 4.90 Å². The van der Waals surface area contributed by atoms with Crippen LogP contribution in [0.4, 0.5) is 0 Å². The lowest BCUT2D eigenvalue weighted by Gasteiger charge is -2.35. The van der Waals surface area contributed by atoms with Crippen molar-refractivity contribution in [2.24, 2.45) is 0 Å². The van der Waals surface area contributed by atoms with Crippen LogP contribution in [0.3, 0.4) is 0 Å². The molecule has 1 fully saturated rings.